The topological polar surface area (TPSA) is 38.7 Å². The lowest BCUT2D eigenvalue weighted by atomic mass is 10.1. The predicted octanol–water partition coefficient (Wildman–Crippen LogP) is -0.465. The summed E-state index contributed by atoms with van der Waals surface area (Å²) >= 11 is 0. The Bertz CT molecular complexity index is 115. The van der Waals surface area contributed by atoms with E-state index in [4.69, 9.17) is 14.6 Å². The van der Waals surface area contributed by atoms with Gasteiger partial charge in [0.2, 0.25) is 0 Å². The van der Waals surface area contributed by atoms with Crippen LogP contribution < -0.4 is 0 Å². The Hall–Kier alpha value is -0.120. The van der Waals surface area contributed by atoms with E-state index in [-0.39, 0.29) is 18.3 Å². The molecule has 0 saturated carbocycles. The normalized spacial score (nSPS) is 49.7. The summed E-state index contributed by atoms with van der Waals surface area (Å²) in [5, 5.41) is 9.15. The highest BCUT2D eigenvalue weighted by atomic mass is 16.6. The van der Waals surface area contributed by atoms with Crippen molar-refractivity contribution in [3.63, 3.8) is 0 Å². The first-order valence-corrected chi connectivity index (χ1v) is 3.29. The van der Waals surface area contributed by atoms with Gasteiger partial charge in [-0.1, -0.05) is 0 Å². The first-order valence-electron chi connectivity index (χ1n) is 3.29. The van der Waals surface area contributed by atoms with Gasteiger partial charge >= 0.3 is 0 Å². The van der Waals surface area contributed by atoms with Gasteiger partial charge in [-0.3, -0.25) is 0 Å². The highest BCUT2D eigenvalue weighted by Crippen LogP contribution is 2.25. The minimum absolute atomic E-state index is 0.0231. The molecule has 3 nitrogen and oxygen atoms in total. The average molecular weight is 130 g/mol. The molecule has 3 atom stereocenters. The molecule has 0 amide bonds. The minimum Gasteiger partial charge on any atom is -0.388 e. The molecule has 2 fully saturated rings. The number of hydrogen-bond acceptors (Lipinski definition) is 3. The molecule has 2 aliphatic rings. The number of rotatable bonds is 0. The summed E-state index contributed by atoms with van der Waals surface area (Å²) in [5.74, 6) is 0. The van der Waals surface area contributed by atoms with Crippen LogP contribution in [-0.4, -0.2) is 36.6 Å². The van der Waals surface area contributed by atoms with Crippen LogP contribution in [0.15, 0.2) is 0 Å². The largest absolute Gasteiger partial charge is 0.388 e. The molecule has 0 radical (unpaired) electrons. The van der Waals surface area contributed by atoms with Crippen LogP contribution in [0.1, 0.15) is 6.42 Å². The quantitative estimate of drug-likeness (QED) is 0.482. The van der Waals surface area contributed by atoms with Gasteiger partial charge in [0.15, 0.2) is 0 Å². The Morgan fingerprint density at radius 2 is 2.22 bits per heavy atom. The molecule has 2 heterocycles. The monoisotopic (exact) mass is 130 g/mol. The third-order valence-electron chi connectivity index (χ3n) is 1.94. The molecule has 0 aromatic rings. The summed E-state index contributed by atoms with van der Waals surface area (Å²) in [6.07, 6.45) is 0.726. The molecule has 2 rings (SSSR count). The van der Waals surface area contributed by atoms with Crippen molar-refractivity contribution >= 4 is 0 Å². The number of aliphatic hydroxyl groups excluding tert-OH is 1. The minimum atomic E-state index is -0.377. The third-order valence-corrected chi connectivity index (χ3v) is 1.94. The first kappa shape index (κ1) is 5.65. The van der Waals surface area contributed by atoms with E-state index in [0.717, 1.165) is 13.0 Å². The van der Waals surface area contributed by atoms with Crippen LogP contribution in [0.2, 0.25) is 0 Å². The van der Waals surface area contributed by atoms with Crippen molar-refractivity contribution in [3.05, 3.63) is 0 Å². The van der Waals surface area contributed by atoms with Gasteiger partial charge in [-0.05, 0) is 6.42 Å². The smallest absolute Gasteiger partial charge is 0.112 e. The SMILES string of the molecule is O[C@@H]1CO[C@@H]2CCO[C@H]12. The molecule has 0 aromatic carbocycles. The van der Waals surface area contributed by atoms with Crippen molar-refractivity contribution in [2.24, 2.45) is 0 Å². The maximum absolute atomic E-state index is 9.15. The lowest BCUT2D eigenvalue weighted by Crippen LogP contribution is -2.26. The molecule has 0 aliphatic carbocycles. The summed E-state index contributed by atoms with van der Waals surface area (Å²) in [4.78, 5) is 0. The maximum Gasteiger partial charge on any atom is 0.112 e. The molecule has 1 N–H and O–H groups in total. The van der Waals surface area contributed by atoms with Crippen LogP contribution in [0.5, 0.6) is 0 Å². The number of fused-ring (bicyclic) bond motifs is 1. The van der Waals surface area contributed by atoms with Gasteiger partial charge in [0.05, 0.1) is 12.7 Å². The van der Waals surface area contributed by atoms with E-state index in [1.807, 2.05) is 0 Å². The lowest BCUT2D eigenvalue weighted by molar-refractivity contribution is 0.0187. The molecule has 0 spiro atoms. The van der Waals surface area contributed by atoms with Gasteiger partial charge in [-0.2, -0.15) is 0 Å². The highest BCUT2D eigenvalue weighted by molar-refractivity contribution is 4.88. The van der Waals surface area contributed by atoms with E-state index in [9.17, 15) is 0 Å². The van der Waals surface area contributed by atoms with Crippen LogP contribution in [0.3, 0.4) is 0 Å². The zero-order chi connectivity index (χ0) is 6.27. The lowest BCUT2D eigenvalue weighted by Gasteiger charge is -2.08. The van der Waals surface area contributed by atoms with Gasteiger partial charge < -0.3 is 14.6 Å². The molecule has 3 heteroatoms. The Morgan fingerprint density at radius 3 is 3.00 bits per heavy atom. The molecule has 9 heavy (non-hydrogen) atoms. The maximum atomic E-state index is 9.15. The standard InChI is InChI=1S/C6H10O3/c7-4-3-9-5-1-2-8-6(4)5/h4-7H,1-3H2/t4-,5-,6-/m1/s1. The zero-order valence-corrected chi connectivity index (χ0v) is 5.12. The fourth-order valence-corrected chi connectivity index (χ4v) is 1.45. The molecule has 2 aliphatic heterocycles. The molecular weight excluding hydrogens is 120 g/mol. The van der Waals surface area contributed by atoms with Gasteiger partial charge in [0.1, 0.15) is 12.2 Å². The number of ether oxygens (including phenoxy) is 2. The Morgan fingerprint density at radius 1 is 1.33 bits per heavy atom. The van der Waals surface area contributed by atoms with Gasteiger partial charge in [-0.25, -0.2) is 0 Å². The predicted molar refractivity (Wildman–Crippen MR) is 30.1 cm³/mol. The summed E-state index contributed by atoms with van der Waals surface area (Å²) in [6, 6.07) is 0. The first-order chi connectivity index (χ1) is 4.38. The van der Waals surface area contributed by atoms with Crippen molar-refractivity contribution in [2.75, 3.05) is 13.2 Å². The molecular formula is C6H10O3. The molecule has 0 bridgehead atoms. The van der Waals surface area contributed by atoms with Gasteiger partial charge in [0.25, 0.3) is 0 Å². The second-order valence-electron chi connectivity index (χ2n) is 2.56. The van der Waals surface area contributed by atoms with E-state index in [1.54, 1.807) is 0 Å². The Kier molecular flexibility index (Phi) is 1.22. The Balaban J connectivity index is 2.07. The van der Waals surface area contributed by atoms with Crippen LogP contribution >= 0.6 is 0 Å². The van der Waals surface area contributed by atoms with Crippen molar-refractivity contribution in [1.29, 1.82) is 0 Å². The van der Waals surface area contributed by atoms with E-state index < -0.39 is 0 Å². The summed E-state index contributed by atoms with van der Waals surface area (Å²) in [7, 11) is 0. The summed E-state index contributed by atoms with van der Waals surface area (Å²) < 4.78 is 10.4. The zero-order valence-electron chi connectivity index (χ0n) is 5.12. The van der Waals surface area contributed by atoms with Crippen molar-refractivity contribution in [1.82, 2.24) is 0 Å². The van der Waals surface area contributed by atoms with Crippen LogP contribution in [0, 0.1) is 0 Å². The van der Waals surface area contributed by atoms with Crippen molar-refractivity contribution in [2.45, 2.75) is 24.7 Å². The van der Waals surface area contributed by atoms with Crippen molar-refractivity contribution < 1.29 is 14.6 Å². The van der Waals surface area contributed by atoms with Crippen LogP contribution in [-0.2, 0) is 9.47 Å². The molecule has 0 unspecified atom stereocenters. The Labute approximate surface area is 53.6 Å². The second-order valence-corrected chi connectivity index (χ2v) is 2.56. The number of hydrogen-bond donors (Lipinski definition) is 1. The average Bonchev–Trinajstić information content (AvgIpc) is 2.35. The fourth-order valence-electron chi connectivity index (χ4n) is 1.45. The van der Waals surface area contributed by atoms with Gasteiger partial charge in [0, 0.05) is 6.61 Å². The van der Waals surface area contributed by atoms with Crippen molar-refractivity contribution in [3.8, 4) is 0 Å². The summed E-state index contributed by atoms with van der Waals surface area (Å²) in [5.41, 5.74) is 0. The highest BCUT2D eigenvalue weighted by Gasteiger charge is 2.40. The van der Waals surface area contributed by atoms with E-state index in [2.05, 4.69) is 0 Å². The molecule has 52 valence electrons. The van der Waals surface area contributed by atoms with Gasteiger partial charge in [-0.15, -0.1) is 0 Å². The van der Waals surface area contributed by atoms with E-state index >= 15 is 0 Å². The molecule has 0 aromatic heterocycles. The third kappa shape index (κ3) is 0.764. The van der Waals surface area contributed by atoms with E-state index in [1.165, 1.54) is 0 Å². The number of aliphatic hydroxyl groups is 1. The van der Waals surface area contributed by atoms with E-state index in [0.29, 0.717) is 6.61 Å². The fraction of sp³-hybridized carbons (Fsp3) is 1.00. The van der Waals surface area contributed by atoms with Crippen LogP contribution in [0.4, 0.5) is 0 Å². The molecule has 2 saturated heterocycles. The van der Waals surface area contributed by atoms with Crippen LogP contribution in [0.25, 0.3) is 0 Å². The second kappa shape index (κ2) is 1.94. The summed E-state index contributed by atoms with van der Waals surface area (Å²) in [6.45, 7) is 1.20.